The van der Waals surface area contributed by atoms with Crippen LogP contribution in [0.2, 0.25) is 0 Å². The predicted octanol–water partition coefficient (Wildman–Crippen LogP) is 2.21. The van der Waals surface area contributed by atoms with Crippen LogP contribution in [-0.4, -0.2) is 62.3 Å². The van der Waals surface area contributed by atoms with Crippen LogP contribution in [0.25, 0.3) is 0 Å². The Kier molecular flexibility index (Phi) is 6.66. The van der Waals surface area contributed by atoms with E-state index in [1.165, 1.54) is 5.56 Å². The summed E-state index contributed by atoms with van der Waals surface area (Å²) < 4.78 is 0. The largest absolute Gasteiger partial charge is 0.392 e. The van der Waals surface area contributed by atoms with E-state index in [4.69, 9.17) is 0 Å². The van der Waals surface area contributed by atoms with Crippen LogP contribution in [0.4, 0.5) is 0 Å². The maximum atomic E-state index is 10.7. The molecule has 0 saturated heterocycles. The Balaban J connectivity index is 3.18. The monoisotopic (exact) mass is 278 g/mol. The third-order valence-corrected chi connectivity index (χ3v) is 3.98. The molecule has 0 aliphatic carbocycles. The molecule has 0 aliphatic heterocycles. The van der Waals surface area contributed by atoms with Gasteiger partial charge in [-0.1, -0.05) is 37.3 Å². The van der Waals surface area contributed by atoms with Gasteiger partial charge >= 0.3 is 0 Å². The van der Waals surface area contributed by atoms with E-state index in [1.807, 2.05) is 6.07 Å². The van der Waals surface area contributed by atoms with Gasteiger partial charge in [0.15, 0.2) is 0 Å². The van der Waals surface area contributed by atoms with Gasteiger partial charge in [-0.05, 0) is 53.1 Å². The minimum Gasteiger partial charge on any atom is -0.392 e. The summed E-state index contributed by atoms with van der Waals surface area (Å²) in [5.74, 6) is 0. The Morgan fingerprint density at radius 2 is 1.65 bits per heavy atom. The third-order valence-electron chi connectivity index (χ3n) is 3.98. The van der Waals surface area contributed by atoms with Gasteiger partial charge in [-0.3, -0.25) is 0 Å². The number of nitrogens with zero attached hydrogens (tertiary/aromatic N) is 2. The van der Waals surface area contributed by atoms with E-state index in [9.17, 15) is 5.11 Å². The second-order valence-electron chi connectivity index (χ2n) is 6.24. The second kappa shape index (κ2) is 7.77. The first-order valence-electron chi connectivity index (χ1n) is 7.45. The predicted molar refractivity (Wildman–Crippen MR) is 86.1 cm³/mol. The average Bonchev–Trinajstić information content (AvgIpc) is 2.43. The van der Waals surface area contributed by atoms with Crippen molar-refractivity contribution in [3.05, 3.63) is 35.9 Å². The summed E-state index contributed by atoms with van der Waals surface area (Å²) >= 11 is 0. The molecule has 2 atom stereocenters. The van der Waals surface area contributed by atoms with Gasteiger partial charge in [-0.15, -0.1) is 0 Å². The zero-order valence-corrected chi connectivity index (χ0v) is 13.6. The Bertz CT molecular complexity index is 378. The van der Waals surface area contributed by atoms with Crippen LogP contribution in [0.1, 0.15) is 25.3 Å². The average molecular weight is 278 g/mol. The van der Waals surface area contributed by atoms with Gasteiger partial charge in [0.25, 0.3) is 0 Å². The zero-order valence-electron chi connectivity index (χ0n) is 13.6. The summed E-state index contributed by atoms with van der Waals surface area (Å²) in [6.45, 7) is 3.90. The molecule has 0 spiro atoms. The fraction of sp³-hybridized carbons (Fsp3) is 0.647. The van der Waals surface area contributed by atoms with Crippen molar-refractivity contribution < 1.29 is 5.11 Å². The summed E-state index contributed by atoms with van der Waals surface area (Å²) in [6.07, 6.45) is 1.40. The summed E-state index contributed by atoms with van der Waals surface area (Å²) in [7, 11) is 8.33. The number of aliphatic hydroxyl groups excluding tert-OH is 1. The first-order valence-corrected chi connectivity index (χ1v) is 7.45. The Labute approximate surface area is 124 Å². The molecule has 20 heavy (non-hydrogen) atoms. The van der Waals surface area contributed by atoms with Crippen molar-refractivity contribution in [3.63, 3.8) is 0 Å². The van der Waals surface area contributed by atoms with E-state index in [0.717, 1.165) is 25.9 Å². The fourth-order valence-corrected chi connectivity index (χ4v) is 2.93. The molecule has 0 unspecified atom stereocenters. The number of benzene rings is 1. The van der Waals surface area contributed by atoms with Crippen LogP contribution >= 0.6 is 0 Å². The first-order chi connectivity index (χ1) is 9.42. The highest BCUT2D eigenvalue weighted by molar-refractivity contribution is 5.28. The van der Waals surface area contributed by atoms with Crippen molar-refractivity contribution in [2.24, 2.45) is 0 Å². The number of aliphatic hydroxyl groups is 1. The number of rotatable bonds is 8. The topological polar surface area (TPSA) is 26.7 Å². The van der Waals surface area contributed by atoms with Crippen molar-refractivity contribution in [1.29, 1.82) is 0 Å². The number of hydrogen-bond acceptors (Lipinski definition) is 3. The molecule has 0 heterocycles. The molecule has 114 valence electrons. The van der Waals surface area contributed by atoms with Gasteiger partial charge in [0.05, 0.1) is 6.10 Å². The smallest absolute Gasteiger partial charge is 0.0647 e. The highest BCUT2D eigenvalue weighted by Crippen LogP contribution is 2.34. The molecule has 1 aromatic rings. The summed E-state index contributed by atoms with van der Waals surface area (Å²) in [6, 6.07) is 10.5. The van der Waals surface area contributed by atoms with Crippen LogP contribution in [-0.2, 0) is 5.41 Å². The van der Waals surface area contributed by atoms with E-state index < -0.39 is 0 Å². The Morgan fingerprint density at radius 1 is 1.05 bits per heavy atom. The third kappa shape index (κ3) is 4.30. The lowest BCUT2D eigenvalue weighted by molar-refractivity contribution is 0.0478. The quantitative estimate of drug-likeness (QED) is 0.790. The van der Waals surface area contributed by atoms with Crippen molar-refractivity contribution in [2.45, 2.75) is 31.3 Å². The molecular weight excluding hydrogens is 248 g/mol. The van der Waals surface area contributed by atoms with Crippen LogP contribution in [0.3, 0.4) is 0 Å². The minimum absolute atomic E-state index is 0.205. The molecule has 0 radical (unpaired) electrons. The van der Waals surface area contributed by atoms with Gasteiger partial charge in [-0.25, -0.2) is 0 Å². The summed E-state index contributed by atoms with van der Waals surface area (Å²) in [4.78, 5) is 4.37. The lowest BCUT2D eigenvalue weighted by Crippen LogP contribution is -2.48. The van der Waals surface area contributed by atoms with Gasteiger partial charge in [0.1, 0.15) is 0 Å². The van der Waals surface area contributed by atoms with Crippen molar-refractivity contribution >= 4 is 0 Å². The Hall–Kier alpha value is -0.900. The molecule has 1 rings (SSSR count). The molecule has 3 heteroatoms. The van der Waals surface area contributed by atoms with Crippen LogP contribution in [0.15, 0.2) is 30.3 Å². The van der Waals surface area contributed by atoms with E-state index in [2.05, 4.69) is 69.2 Å². The summed E-state index contributed by atoms with van der Waals surface area (Å²) in [5.41, 5.74) is 1.04. The maximum absolute atomic E-state index is 10.7. The van der Waals surface area contributed by atoms with Crippen LogP contribution in [0.5, 0.6) is 0 Å². The number of hydrogen-bond donors (Lipinski definition) is 1. The molecule has 0 aliphatic rings. The molecule has 3 nitrogen and oxygen atoms in total. The normalized spacial score (nSPS) is 16.4. The first kappa shape index (κ1) is 17.2. The molecule has 1 aromatic carbocycles. The maximum Gasteiger partial charge on any atom is 0.0647 e. The summed E-state index contributed by atoms with van der Waals surface area (Å²) in [5, 5.41) is 10.7. The zero-order chi connectivity index (χ0) is 15.2. The lowest BCUT2D eigenvalue weighted by Gasteiger charge is -2.41. The van der Waals surface area contributed by atoms with Crippen molar-refractivity contribution in [3.8, 4) is 0 Å². The van der Waals surface area contributed by atoms with E-state index in [1.54, 1.807) is 0 Å². The molecule has 0 bridgehead atoms. The Morgan fingerprint density at radius 3 is 2.10 bits per heavy atom. The second-order valence-corrected chi connectivity index (χ2v) is 6.24. The minimum atomic E-state index is -0.327. The van der Waals surface area contributed by atoms with E-state index in [-0.39, 0.29) is 11.5 Å². The van der Waals surface area contributed by atoms with Crippen molar-refractivity contribution in [2.75, 3.05) is 41.3 Å². The standard InChI is InChI=1S/C17H30N2O/c1-6-16(20)17(14-19(4)5,12-13-18(2)3)15-10-8-7-9-11-15/h7-11,16,20H,6,12-14H2,1-5H3/t16-,17-/m0/s1. The van der Waals surface area contributed by atoms with Gasteiger partial charge in [0.2, 0.25) is 0 Å². The highest BCUT2D eigenvalue weighted by Gasteiger charge is 2.38. The number of likely N-dealkylation sites (N-methyl/N-ethyl adjacent to an activating group) is 1. The van der Waals surface area contributed by atoms with E-state index >= 15 is 0 Å². The highest BCUT2D eigenvalue weighted by atomic mass is 16.3. The molecule has 0 aromatic heterocycles. The van der Waals surface area contributed by atoms with Gasteiger partial charge in [-0.2, -0.15) is 0 Å². The van der Waals surface area contributed by atoms with Crippen LogP contribution in [0, 0.1) is 0 Å². The van der Waals surface area contributed by atoms with Gasteiger partial charge in [0, 0.05) is 12.0 Å². The molecule has 0 amide bonds. The fourth-order valence-electron chi connectivity index (χ4n) is 2.93. The SMILES string of the molecule is CC[C@H](O)[C@@](CCN(C)C)(CN(C)C)c1ccccc1. The molecular formula is C17H30N2O. The van der Waals surface area contributed by atoms with Gasteiger partial charge < -0.3 is 14.9 Å². The lowest BCUT2D eigenvalue weighted by atomic mass is 9.71. The molecule has 1 N–H and O–H groups in total. The molecule has 0 fully saturated rings. The van der Waals surface area contributed by atoms with Crippen molar-refractivity contribution in [1.82, 2.24) is 9.80 Å². The molecule has 0 saturated carbocycles. The van der Waals surface area contributed by atoms with E-state index in [0.29, 0.717) is 0 Å². The van der Waals surface area contributed by atoms with Crippen LogP contribution < -0.4 is 0 Å².